The van der Waals surface area contributed by atoms with Crippen molar-refractivity contribution >= 4 is 57.8 Å². The summed E-state index contributed by atoms with van der Waals surface area (Å²) in [6.45, 7) is 3.40. The molecule has 0 aliphatic carbocycles. The Morgan fingerprint density at radius 2 is 1.96 bits per heavy atom. The average molecular weight is 374 g/mol. The minimum atomic E-state index is 0. The number of halogens is 2. The molecule has 2 aromatic rings. The van der Waals surface area contributed by atoms with E-state index in [9.17, 15) is 4.79 Å². The molecule has 4 heterocycles. The van der Waals surface area contributed by atoms with E-state index in [0.717, 1.165) is 27.2 Å². The van der Waals surface area contributed by atoms with Gasteiger partial charge in [0.15, 0.2) is 0 Å². The van der Waals surface area contributed by atoms with Gasteiger partial charge in [0.25, 0.3) is 5.91 Å². The van der Waals surface area contributed by atoms with Crippen molar-refractivity contribution in [1.29, 1.82) is 0 Å². The third kappa shape index (κ3) is 3.58. The van der Waals surface area contributed by atoms with Gasteiger partial charge in [-0.1, -0.05) is 6.07 Å². The fraction of sp³-hybridized carbons (Fsp3) is 0.438. The minimum Gasteiger partial charge on any atom is -0.399 e. The molecule has 0 radical (unpaired) electrons. The molecular formula is C16H21Cl2N3OS. The molecule has 3 saturated heterocycles. The van der Waals surface area contributed by atoms with Gasteiger partial charge >= 0.3 is 0 Å². The number of fused-ring (bicyclic) bond motifs is 4. The molecule has 0 spiro atoms. The number of hydrogen-bond acceptors (Lipinski definition) is 4. The third-order valence-corrected chi connectivity index (χ3v) is 5.84. The van der Waals surface area contributed by atoms with Crippen LogP contribution in [0, 0.1) is 5.92 Å². The number of rotatable bonds is 2. The first-order valence-corrected chi connectivity index (χ1v) is 8.33. The van der Waals surface area contributed by atoms with Crippen LogP contribution in [0.1, 0.15) is 22.5 Å². The van der Waals surface area contributed by atoms with Gasteiger partial charge in [-0.3, -0.25) is 4.79 Å². The molecule has 23 heavy (non-hydrogen) atoms. The first kappa shape index (κ1) is 18.3. The number of carbonyl (C=O) groups excluding carboxylic acids is 1. The predicted octanol–water partition coefficient (Wildman–Crippen LogP) is 3.15. The monoisotopic (exact) mass is 373 g/mol. The van der Waals surface area contributed by atoms with E-state index in [2.05, 4.69) is 10.2 Å². The van der Waals surface area contributed by atoms with Crippen LogP contribution >= 0.6 is 36.2 Å². The summed E-state index contributed by atoms with van der Waals surface area (Å²) in [5.41, 5.74) is 6.54. The number of nitrogens with one attached hydrogen (secondary N) is 1. The summed E-state index contributed by atoms with van der Waals surface area (Å²) in [5, 5.41) is 4.33. The Bertz CT molecular complexity index is 698. The molecule has 3 N–H and O–H groups in total. The molecule has 3 aliphatic heterocycles. The summed E-state index contributed by atoms with van der Waals surface area (Å²) in [4.78, 5) is 15.7. The highest BCUT2D eigenvalue weighted by atomic mass is 35.5. The first-order chi connectivity index (χ1) is 10.2. The lowest BCUT2D eigenvalue weighted by atomic mass is 9.84. The zero-order valence-corrected chi connectivity index (χ0v) is 15.1. The highest BCUT2D eigenvalue weighted by molar-refractivity contribution is 7.20. The van der Waals surface area contributed by atoms with Gasteiger partial charge in [-0.2, -0.15) is 0 Å². The Hall–Kier alpha value is -1.01. The van der Waals surface area contributed by atoms with Crippen molar-refractivity contribution in [3.8, 4) is 0 Å². The Kier molecular flexibility index (Phi) is 5.79. The maximum absolute atomic E-state index is 12.5. The Balaban J connectivity index is 0.000000960. The molecule has 0 saturated carbocycles. The van der Waals surface area contributed by atoms with Crippen LogP contribution in [0.15, 0.2) is 24.3 Å². The average Bonchev–Trinajstić information content (AvgIpc) is 2.91. The number of piperidine rings is 3. The number of anilines is 1. The number of nitrogens with zero attached hydrogens (tertiary/aromatic N) is 1. The molecule has 5 rings (SSSR count). The van der Waals surface area contributed by atoms with Crippen LogP contribution in [0.5, 0.6) is 0 Å². The van der Waals surface area contributed by atoms with Crippen molar-refractivity contribution in [1.82, 2.24) is 10.2 Å². The molecular weight excluding hydrogens is 353 g/mol. The number of nitrogens with two attached hydrogens (primary N) is 1. The standard InChI is InChI=1S/C16H19N3OS.2ClH/c17-12-2-1-11-7-15(21-14(11)8-12)16(20)18-13-9-19-5-3-10(13)4-6-19;;/h1-2,7-8,10,13H,3-6,9,17H2,(H,18,20);2*1H/t13-;;/m0../s1. The second kappa shape index (κ2) is 7.26. The van der Waals surface area contributed by atoms with Gasteiger partial charge in [-0.05, 0) is 55.4 Å². The highest BCUT2D eigenvalue weighted by Gasteiger charge is 2.35. The molecule has 2 bridgehead atoms. The summed E-state index contributed by atoms with van der Waals surface area (Å²) in [6, 6.07) is 8.08. The van der Waals surface area contributed by atoms with Crippen LogP contribution in [0.4, 0.5) is 5.69 Å². The zero-order valence-electron chi connectivity index (χ0n) is 12.7. The topological polar surface area (TPSA) is 58.4 Å². The fourth-order valence-electron chi connectivity index (χ4n) is 3.53. The van der Waals surface area contributed by atoms with E-state index in [1.165, 1.54) is 37.3 Å². The number of benzene rings is 1. The van der Waals surface area contributed by atoms with Crippen molar-refractivity contribution < 1.29 is 4.79 Å². The van der Waals surface area contributed by atoms with Crippen molar-refractivity contribution in [3.05, 3.63) is 29.1 Å². The van der Waals surface area contributed by atoms with Gasteiger partial charge < -0.3 is 16.0 Å². The lowest BCUT2D eigenvalue weighted by molar-refractivity contribution is 0.0622. The lowest BCUT2D eigenvalue weighted by Crippen LogP contribution is -2.57. The Morgan fingerprint density at radius 1 is 1.22 bits per heavy atom. The van der Waals surface area contributed by atoms with Gasteiger partial charge in [0.2, 0.25) is 0 Å². The van der Waals surface area contributed by atoms with Gasteiger partial charge in [0.05, 0.1) is 4.88 Å². The molecule has 7 heteroatoms. The molecule has 1 aromatic carbocycles. The molecule has 0 unspecified atom stereocenters. The number of amides is 1. The first-order valence-electron chi connectivity index (χ1n) is 7.51. The van der Waals surface area contributed by atoms with E-state index in [0.29, 0.717) is 12.0 Å². The summed E-state index contributed by atoms with van der Waals surface area (Å²) in [6.07, 6.45) is 2.43. The van der Waals surface area contributed by atoms with E-state index >= 15 is 0 Å². The summed E-state index contributed by atoms with van der Waals surface area (Å²) in [5.74, 6) is 0.720. The Morgan fingerprint density at radius 3 is 2.61 bits per heavy atom. The van der Waals surface area contributed by atoms with Crippen LogP contribution in [-0.4, -0.2) is 36.5 Å². The van der Waals surface area contributed by atoms with E-state index in [1.54, 1.807) is 0 Å². The normalized spacial score (nSPS) is 25.5. The van der Waals surface area contributed by atoms with Crippen molar-refractivity contribution in [2.45, 2.75) is 18.9 Å². The second-order valence-corrected chi connectivity index (χ2v) is 7.21. The third-order valence-electron chi connectivity index (χ3n) is 4.74. The molecule has 1 atom stereocenters. The molecule has 1 aromatic heterocycles. The maximum Gasteiger partial charge on any atom is 0.261 e. The molecule has 126 valence electrons. The number of hydrogen-bond donors (Lipinski definition) is 2. The smallest absolute Gasteiger partial charge is 0.261 e. The predicted molar refractivity (Wildman–Crippen MR) is 101 cm³/mol. The summed E-state index contributed by atoms with van der Waals surface area (Å²) >= 11 is 1.52. The van der Waals surface area contributed by atoms with Gasteiger partial charge in [0, 0.05) is 23.0 Å². The minimum absolute atomic E-state index is 0. The molecule has 4 nitrogen and oxygen atoms in total. The van der Waals surface area contributed by atoms with Crippen LogP contribution in [0.25, 0.3) is 10.1 Å². The van der Waals surface area contributed by atoms with Crippen LogP contribution in [0.2, 0.25) is 0 Å². The zero-order chi connectivity index (χ0) is 14.4. The van der Waals surface area contributed by atoms with Crippen molar-refractivity contribution in [3.63, 3.8) is 0 Å². The summed E-state index contributed by atoms with van der Waals surface area (Å²) < 4.78 is 1.08. The number of nitrogen functional groups attached to an aromatic ring is 1. The van der Waals surface area contributed by atoms with E-state index in [4.69, 9.17) is 5.73 Å². The van der Waals surface area contributed by atoms with Gasteiger partial charge in [-0.25, -0.2) is 0 Å². The number of thiophene rings is 1. The van der Waals surface area contributed by atoms with Crippen molar-refractivity contribution in [2.24, 2.45) is 5.92 Å². The molecule has 3 fully saturated rings. The van der Waals surface area contributed by atoms with Crippen LogP contribution < -0.4 is 11.1 Å². The molecule has 3 aliphatic rings. The van der Waals surface area contributed by atoms with E-state index < -0.39 is 0 Å². The van der Waals surface area contributed by atoms with E-state index in [-0.39, 0.29) is 30.7 Å². The lowest BCUT2D eigenvalue weighted by Gasteiger charge is -2.44. The van der Waals surface area contributed by atoms with Gasteiger partial charge in [-0.15, -0.1) is 36.2 Å². The van der Waals surface area contributed by atoms with E-state index in [1.807, 2.05) is 24.3 Å². The second-order valence-electron chi connectivity index (χ2n) is 6.13. The van der Waals surface area contributed by atoms with Crippen LogP contribution in [0.3, 0.4) is 0 Å². The maximum atomic E-state index is 12.5. The largest absolute Gasteiger partial charge is 0.399 e. The van der Waals surface area contributed by atoms with Crippen LogP contribution in [-0.2, 0) is 0 Å². The SMILES string of the molecule is Cl.Cl.Nc1ccc2cc(C(=O)N[C@H]3CN4CCC3CC4)sc2c1. The molecule has 1 amide bonds. The summed E-state index contributed by atoms with van der Waals surface area (Å²) in [7, 11) is 0. The highest BCUT2D eigenvalue weighted by Crippen LogP contribution is 2.30. The quantitative estimate of drug-likeness (QED) is 0.794. The number of carbonyl (C=O) groups is 1. The fourth-order valence-corrected chi connectivity index (χ4v) is 4.54. The van der Waals surface area contributed by atoms with Gasteiger partial charge in [0.1, 0.15) is 0 Å². The Labute approximate surface area is 152 Å². The van der Waals surface area contributed by atoms with Crippen molar-refractivity contribution in [2.75, 3.05) is 25.4 Å².